The molecule has 0 aromatic carbocycles. The minimum Gasteiger partial charge on any atom is -0.380 e. The second kappa shape index (κ2) is 6.41. The first kappa shape index (κ1) is 12.1. The van der Waals surface area contributed by atoms with E-state index in [1.807, 2.05) is 6.08 Å². The highest BCUT2D eigenvalue weighted by molar-refractivity contribution is 4.90. The quantitative estimate of drug-likeness (QED) is 0.504. The maximum atomic E-state index is 5.47. The SMILES string of the molecule is C=CCCOCCNCC1CC2CCC1C2. The van der Waals surface area contributed by atoms with Gasteiger partial charge in [-0.15, -0.1) is 6.58 Å². The molecule has 2 aliphatic rings. The number of hydrogen-bond acceptors (Lipinski definition) is 2. The Morgan fingerprint density at radius 3 is 2.88 bits per heavy atom. The number of nitrogens with one attached hydrogen (secondary N) is 1. The molecule has 0 spiro atoms. The summed E-state index contributed by atoms with van der Waals surface area (Å²) in [6.45, 7) is 7.55. The van der Waals surface area contributed by atoms with E-state index in [1.165, 1.54) is 32.2 Å². The molecule has 0 aromatic heterocycles. The van der Waals surface area contributed by atoms with Crippen LogP contribution in [0.5, 0.6) is 0 Å². The van der Waals surface area contributed by atoms with Crippen molar-refractivity contribution in [1.82, 2.24) is 5.32 Å². The number of fused-ring (bicyclic) bond motifs is 2. The van der Waals surface area contributed by atoms with Crippen molar-refractivity contribution in [2.45, 2.75) is 32.1 Å². The van der Waals surface area contributed by atoms with E-state index in [0.29, 0.717) is 0 Å². The summed E-state index contributed by atoms with van der Waals surface area (Å²) in [5.74, 6) is 3.08. The van der Waals surface area contributed by atoms with Crippen molar-refractivity contribution in [1.29, 1.82) is 0 Å². The average molecular weight is 223 g/mol. The van der Waals surface area contributed by atoms with Crippen LogP contribution in [0.25, 0.3) is 0 Å². The van der Waals surface area contributed by atoms with Gasteiger partial charge in [0.25, 0.3) is 0 Å². The molecule has 2 bridgehead atoms. The Bertz CT molecular complexity index is 217. The summed E-state index contributed by atoms with van der Waals surface area (Å²) >= 11 is 0. The van der Waals surface area contributed by atoms with E-state index in [4.69, 9.17) is 4.74 Å². The third kappa shape index (κ3) is 3.33. The second-order valence-electron chi connectivity index (χ2n) is 5.33. The molecule has 0 radical (unpaired) electrons. The maximum absolute atomic E-state index is 5.47. The molecule has 2 rings (SSSR count). The first-order valence-electron chi connectivity index (χ1n) is 6.79. The van der Waals surface area contributed by atoms with Gasteiger partial charge in [0.15, 0.2) is 0 Å². The lowest BCUT2D eigenvalue weighted by molar-refractivity contribution is 0.138. The van der Waals surface area contributed by atoms with Gasteiger partial charge in [0.2, 0.25) is 0 Å². The Balaban J connectivity index is 1.45. The van der Waals surface area contributed by atoms with E-state index in [0.717, 1.165) is 43.9 Å². The van der Waals surface area contributed by atoms with Crippen LogP contribution in [0.2, 0.25) is 0 Å². The zero-order valence-corrected chi connectivity index (χ0v) is 10.3. The highest BCUT2D eigenvalue weighted by Crippen LogP contribution is 2.47. The topological polar surface area (TPSA) is 21.3 Å². The van der Waals surface area contributed by atoms with Gasteiger partial charge in [-0.3, -0.25) is 0 Å². The highest BCUT2D eigenvalue weighted by atomic mass is 16.5. The number of ether oxygens (including phenoxy) is 1. The summed E-state index contributed by atoms with van der Waals surface area (Å²) in [7, 11) is 0. The van der Waals surface area contributed by atoms with Gasteiger partial charge in [-0.05, 0) is 50.0 Å². The van der Waals surface area contributed by atoms with Crippen LogP contribution < -0.4 is 5.32 Å². The van der Waals surface area contributed by atoms with E-state index >= 15 is 0 Å². The maximum Gasteiger partial charge on any atom is 0.0591 e. The molecule has 0 aromatic rings. The van der Waals surface area contributed by atoms with E-state index < -0.39 is 0 Å². The molecule has 1 N–H and O–H groups in total. The van der Waals surface area contributed by atoms with Crippen LogP contribution in [0, 0.1) is 17.8 Å². The lowest BCUT2D eigenvalue weighted by Gasteiger charge is -2.21. The van der Waals surface area contributed by atoms with Crippen LogP contribution >= 0.6 is 0 Å². The van der Waals surface area contributed by atoms with Gasteiger partial charge in [-0.25, -0.2) is 0 Å². The van der Waals surface area contributed by atoms with Crippen LogP contribution in [0.15, 0.2) is 12.7 Å². The lowest BCUT2D eigenvalue weighted by atomic mass is 9.89. The molecule has 3 unspecified atom stereocenters. The van der Waals surface area contributed by atoms with Crippen molar-refractivity contribution in [2.75, 3.05) is 26.3 Å². The van der Waals surface area contributed by atoms with Gasteiger partial charge in [-0.2, -0.15) is 0 Å². The third-order valence-corrected chi connectivity index (χ3v) is 4.18. The molecule has 2 saturated carbocycles. The van der Waals surface area contributed by atoms with Crippen molar-refractivity contribution in [3.05, 3.63) is 12.7 Å². The summed E-state index contributed by atoms with van der Waals surface area (Å²) in [6, 6.07) is 0. The van der Waals surface area contributed by atoms with Gasteiger partial charge in [0.1, 0.15) is 0 Å². The Kier molecular flexibility index (Phi) is 4.86. The normalized spacial score (nSPS) is 32.1. The van der Waals surface area contributed by atoms with Crippen LogP contribution in [0.1, 0.15) is 32.1 Å². The molecular formula is C14H25NO. The fraction of sp³-hybridized carbons (Fsp3) is 0.857. The molecule has 2 heteroatoms. The summed E-state index contributed by atoms with van der Waals surface area (Å²) in [5.41, 5.74) is 0. The molecule has 3 atom stereocenters. The van der Waals surface area contributed by atoms with Crippen LogP contribution in [-0.2, 0) is 4.74 Å². The minimum absolute atomic E-state index is 0.819. The largest absolute Gasteiger partial charge is 0.380 e. The summed E-state index contributed by atoms with van der Waals surface area (Å²) in [5, 5.41) is 3.54. The van der Waals surface area contributed by atoms with E-state index in [9.17, 15) is 0 Å². The minimum atomic E-state index is 0.819. The molecule has 0 amide bonds. The van der Waals surface area contributed by atoms with Crippen LogP contribution in [0.3, 0.4) is 0 Å². The monoisotopic (exact) mass is 223 g/mol. The van der Waals surface area contributed by atoms with Gasteiger partial charge < -0.3 is 10.1 Å². The van der Waals surface area contributed by atoms with E-state index in [1.54, 1.807) is 0 Å². The summed E-state index contributed by atoms with van der Waals surface area (Å²) < 4.78 is 5.47. The van der Waals surface area contributed by atoms with E-state index in [2.05, 4.69) is 11.9 Å². The average Bonchev–Trinajstić information content (AvgIpc) is 2.90. The molecular weight excluding hydrogens is 198 g/mol. The van der Waals surface area contributed by atoms with E-state index in [-0.39, 0.29) is 0 Å². The number of hydrogen-bond donors (Lipinski definition) is 1. The molecule has 0 heterocycles. The molecule has 0 aliphatic heterocycles. The Labute approximate surface area is 99.4 Å². The first-order chi connectivity index (χ1) is 7.90. The lowest BCUT2D eigenvalue weighted by Crippen LogP contribution is -2.29. The Hall–Kier alpha value is -0.340. The fourth-order valence-corrected chi connectivity index (χ4v) is 3.33. The molecule has 2 nitrogen and oxygen atoms in total. The summed E-state index contributed by atoms with van der Waals surface area (Å²) in [4.78, 5) is 0. The zero-order chi connectivity index (χ0) is 11.2. The van der Waals surface area contributed by atoms with Crippen molar-refractivity contribution >= 4 is 0 Å². The first-order valence-corrected chi connectivity index (χ1v) is 6.79. The fourth-order valence-electron chi connectivity index (χ4n) is 3.33. The highest BCUT2D eigenvalue weighted by Gasteiger charge is 2.38. The smallest absolute Gasteiger partial charge is 0.0591 e. The van der Waals surface area contributed by atoms with Crippen molar-refractivity contribution in [2.24, 2.45) is 17.8 Å². The second-order valence-corrected chi connectivity index (χ2v) is 5.33. The molecule has 0 saturated heterocycles. The van der Waals surface area contributed by atoms with Crippen LogP contribution in [0.4, 0.5) is 0 Å². The third-order valence-electron chi connectivity index (χ3n) is 4.18. The van der Waals surface area contributed by atoms with Crippen molar-refractivity contribution in [3.63, 3.8) is 0 Å². The predicted octanol–water partition coefficient (Wildman–Crippen LogP) is 2.60. The van der Waals surface area contributed by atoms with Gasteiger partial charge in [0, 0.05) is 6.54 Å². The summed E-state index contributed by atoms with van der Waals surface area (Å²) in [6.07, 6.45) is 8.87. The Morgan fingerprint density at radius 2 is 2.19 bits per heavy atom. The van der Waals surface area contributed by atoms with Gasteiger partial charge >= 0.3 is 0 Å². The van der Waals surface area contributed by atoms with Gasteiger partial charge in [0.05, 0.1) is 13.2 Å². The zero-order valence-electron chi connectivity index (χ0n) is 10.3. The molecule has 2 fully saturated rings. The van der Waals surface area contributed by atoms with Crippen molar-refractivity contribution in [3.8, 4) is 0 Å². The van der Waals surface area contributed by atoms with Gasteiger partial charge in [-0.1, -0.05) is 12.5 Å². The van der Waals surface area contributed by atoms with Crippen LogP contribution in [-0.4, -0.2) is 26.3 Å². The molecule has 2 aliphatic carbocycles. The molecule has 16 heavy (non-hydrogen) atoms. The predicted molar refractivity (Wildman–Crippen MR) is 67.4 cm³/mol. The number of rotatable bonds is 8. The Morgan fingerprint density at radius 1 is 1.25 bits per heavy atom. The standard InChI is InChI=1S/C14H25NO/c1-2-3-7-16-8-6-15-11-14-10-12-4-5-13(14)9-12/h2,12-15H,1,3-11H2. The molecule has 92 valence electrons. The van der Waals surface area contributed by atoms with Crippen molar-refractivity contribution < 1.29 is 4.74 Å².